The van der Waals surface area contributed by atoms with Crippen LogP contribution in [0.3, 0.4) is 0 Å². The highest BCUT2D eigenvalue weighted by Crippen LogP contribution is 2.31. The Morgan fingerprint density at radius 2 is 1.69 bits per heavy atom. The molecular weight excluding hydrogens is 466 g/mol. The summed E-state index contributed by atoms with van der Waals surface area (Å²) in [4.78, 5) is 23.9. The van der Waals surface area contributed by atoms with Gasteiger partial charge >= 0.3 is 0 Å². The lowest BCUT2D eigenvalue weighted by atomic mass is 10.2. The van der Waals surface area contributed by atoms with Gasteiger partial charge in [0.1, 0.15) is 0 Å². The Balaban J connectivity index is 1.63. The fourth-order valence-corrected chi connectivity index (χ4v) is 5.36. The molecular formula is C25H29N5O4S. The normalized spacial score (nSPS) is 14.5. The first-order valence-electron chi connectivity index (χ1n) is 11.6. The molecule has 1 N–H and O–H groups in total. The number of sulfonamides is 1. The first-order chi connectivity index (χ1) is 16.9. The number of nitrogens with one attached hydrogen (secondary N) is 1. The van der Waals surface area contributed by atoms with Crippen LogP contribution in [0.25, 0.3) is 11.4 Å². The highest BCUT2D eigenvalue weighted by molar-refractivity contribution is 7.89. The van der Waals surface area contributed by atoms with Gasteiger partial charge in [0.25, 0.3) is 5.91 Å². The van der Waals surface area contributed by atoms with Gasteiger partial charge < -0.3 is 15.0 Å². The highest BCUT2D eigenvalue weighted by atomic mass is 32.2. The van der Waals surface area contributed by atoms with Crippen LogP contribution in [0.2, 0.25) is 0 Å². The fraction of sp³-hybridized carbons (Fsp3) is 0.320. The van der Waals surface area contributed by atoms with Crippen molar-refractivity contribution in [3.63, 3.8) is 0 Å². The topological polar surface area (TPSA) is 105 Å². The molecule has 0 radical (unpaired) electrons. The Kier molecular flexibility index (Phi) is 7.74. The van der Waals surface area contributed by atoms with Gasteiger partial charge in [-0.25, -0.2) is 18.4 Å². The van der Waals surface area contributed by atoms with Crippen molar-refractivity contribution in [2.24, 2.45) is 0 Å². The van der Waals surface area contributed by atoms with Crippen LogP contribution in [-0.2, 0) is 14.8 Å². The van der Waals surface area contributed by atoms with Crippen molar-refractivity contribution in [1.29, 1.82) is 0 Å². The molecule has 3 aromatic rings. The quantitative estimate of drug-likeness (QED) is 0.511. The zero-order valence-corrected chi connectivity index (χ0v) is 20.7. The van der Waals surface area contributed by atoms with Crippen LogP contribution in [0, 0.1) is 0 Å². The molecule has 35 heavy (non-hydrogen) atoms. The summed E-state index contributed by atoms with van der Waals surface area (Å²) >= 11 is 0. The summed E-state index contributed by atoms with van der Waals surface area (Å²) in [5.74, 6) is 0.100. The average molecular weight is 496 g/mol. The predicted molar refractivity (Wildman–Crippen MR) is 135 cm³/mol. The van der Waals surface area contributed by atoms with Crippen LogP contribution >= 0.6 is 0 Å². The Hall–Kier alpha value is -3.34. The number of morpholine rings is 1. The van der Waals surface area contributed by atoms with Crippen molar-refractivity contribution in [3.05, 3.63) is 66.5 Å². The Bertz CT molecular complexity index is 1260. The maximum Gasteiger partial charge on any atom is 0.258 e. The molecule has 1 aliphatic heterocycles. The van der Waals surface area contributed by atoms with E-state index in [0.717, 1.165) is 11.3 Å². The zero-order valence-electron chi connectivity index (χ0n) is 19.8. The van der Waals surface area contributed by atoms with E-state index in [9.17, 15) is 13.2 Å². The first-order valence-corrected chi connectivity index (χ1v) is 13.0. The third-order valence-corrected chi connectivity index (χ3v) is 7.77. The van der Waals surface area contributed by atoms with Crippen molar-refractivity contribution in [3.8, 4) is 11.4 Å². The number of ether oxygens (including phenoxy) is 1. The largest absolute Gasteiger partial charge is 0.379 e. The molecule has 0 bridgehead atoms. The molecule has 1 saturated heterocycles. The lowest BCUT2D eigenvalue weighted by Gasteiger charge is -2.28. The molecule has 184 valence electrons. The van der Waals surface area contributed by atoms with Crippen LogP contribution in [0.1, 0.15) is 24.2 Å². The third kappa shape index (κ3) is 5.50. The summed E-state index contributed by atoms with van der Waals surface area (Å²) in [7, 11) is -3.72. The van der Waals surface area contributed by atoms with Gasteiger partial charge in [-0.05, 0) is 32.0 Å². The highest BCUT2D eigenvalue weighted by Gasteiger charge is 2.27. The minimum Gasteiger partial charge on any atom is -0.379 e. The monoisotopic (exact) mass is 495 g/mol. The number of hydrogen-bond donors (Lipinski definition) is 1. The fourth-order valence-electron chi connectivity index (χ4n) is 3.93. The molecule has 9 nitrogen and oxygen atoms in total. The van der Waals surface area contributed by atoms with E-state index < -0.39 is 15.9 Å². The van der Waals surface area contributed by atoms with Gasteiger partial charge in [-0.2, -0.15) is 4.31 Å². The Morgan fingerprint density at radius 3 is 2.31 bits per heavy atom. The molecule has 1 aliphatic rings. The number of benzene rings is 2. The number of rotatable bonds is 8. The van der Waals surface area contributed by atoms with E-state index in [1.54, 1.807) is 12.1 Å². The molecule has 1 fully saturated rings. The minimum atomic E-state index is -3.72. The van der Waals surface area contributed by atoms with Crippen LogP contribution in [0.15, 0.2) is 65.8 Å². The number of carbonyl (C=O) groups is 1. The number of carbonyl (C=O) groups excluding carboxylic acids is 1. The SMILES string of the molecule is CCN(CC)c1ccc(S(=O)(=O)N2CCOCC2)cc1NC(=O)c1cnc(-c2ccccc2)nc1. The summed E-state index contributed by atoms with van der Waals surface area (Å²) in [5.41, 5.74) is 2.28. The molecule has 1 aromatic heterocycles. The van der Waals surface area contributed by atoms with Crippen molar-refractivity contribution < 1.29 is 17.9 Å². The second-order valence-corrected chi connectivity index (χ2v) is 9.92. The van der Waals surface area contributed by atoms with E-state index >= 15 is 0 Å². The van der Waals surface area contributed by atoms with E-state index in [-0.39, 0.29) is 10.5 Å². The van der Waals surface area contributed by atoms with Crippen molar-refractivity contribution in [1.82, 2.24) is 14.3 Å². The lowest BCUT2D eigenvalue weighted by molar-refractivity contribution is 0.0730. The molecule has 0 saturated carbocycles. The second-order valence-electron chi connectivity index (χ2n) is 7.98. The maximum absolute atomic E-state index is 13.2. The molecule has 10 heteroatoms. The summed E-state index contributed by atoms with van der Waals surface area (Å²) < 4.78 is 33.1. The summed E-state index contributed by atoms with van der Waals surface area (Å²) in [5, 5.41) is 2.88. The van der Waals surface area contributed by atoms with Crippen LogP contribution in [-0.4, -0.2) is 68.0 Å². The second kappa shape index (κ2) is 10.9. The van der Waals surface area contributed by atoms with Crippen molar-refractivity contribution >= 4 is 27.3 Å². The molecule has 4 rings (SSSR count). The van der Waals surface area contributed by atoms with Crippen LogP contribution < -0.4 is 10.2 Å². The zero-order chi connectivity index (χ0) is 24.8. The number of aromatic nitrogens is 2. The van der Waals surface area contributed by atoms with E-state index in [2.05, 4.69) is 20.2 Å². The van der Waals surface area contributed by atoms with Gasteiger partial charge in [0.15, 0.2) is 5.82 Å². The molecule has 0 spiro atoms. The molecule has 2 aromatic carbocycles. The Labute approximate surface area is 205 Å². The predicted octanol–water partition coefficient (Wildman–Crippen LogP) is 3.26. The maximum atomic E-state index is 13.2. The van der Waals surface area contributed by atoms with Crippen molar-refractivity contribution in [2.75, 3.05) is 49.6 Å². The van der Waals surface area contributed by atoms with Gasteiger partial charge in [-0.3, -0.25) is 4.79 Å². The number of nitrogens with zero attached hydrogens (tertiary/aromatic N) is 4. The van der Waals surface area contributed by atoms with E-state index in [1.165, 1.54) is 22.8 Å². The van der Waals surface area contributed by atoms with E-state index in [1.807, 2.05) is 44.2 Å². The minimum absolute atomic E-state index is 0.126. The Morgan fingerprint density at radius 1 is 1.03 bits per heavy atom. The van der Waals surface area contributed by atoms with Gasteiger partial charge in [-0.1, -0.05) is 30.3 Å². The van der Waals surface area contributed by atoms with E-state index in [4.69, 9.17) is 4.74 Å². The summed E-state index contributed by atoms with van der Waals surface area (Å²) in [6, 6.07) is 14.3. The van der Waals surface area contributed by atoms with Crippen molar-refractivity contribution in [2.45, 2.75) is 18.7 Å². The standard InChI is InChI=1S/C25H29N5O4S/c1-3-29(4-2)23-11-10-21(35(32,33)30-12-14-34-15-13-30)16-22(23)28-25(31)20-17-26-24(27-18-20)19-8-6-5-7-9-19/h5-11,16-18H,3-4,12-15H2,1-2H3,(H,28,31). The van der Waals surface area contributed by atoms with Crippen LogP contribution in [0.5, 0.6) is 0 Å². The van der Waals surface area contributed by atoms with Crippen LogP contribution in [0.4, 0.5) is 11.4 Å². The van der Waals surface area contributed by atoms with Gasteiger partial charge in [0.2, 0.25) is 10.0 Å². The number of anilines is 2. The van der Waals surface area contributed by atoms with Gasteiger partial charge in [-0.15, -0.1) is 0 Å². The number of hydrogen-bond acceptors (Lipinski definition) is 7. The average Bonchev–Trinajstić information content (AvgIpc) is 2.91. The first kappa shape index (κ1) is 24.8. The summed E-state index contributed by atoms with van der Waals surface area (Å²) in [6.07, 6.45) is 2.94. The van der Waals surface area contributed by atoms with Gasteiger partial charge in [0.05, 0.1) is 35.0 Å². The number of amides is 1. The van der Waals surface area contributed by atoms with Gasteiger partial charge in [0, 0.05) is 44.1 Å². The molecule has 2 heterocycles. The smallest absolute Gasteiger partial charge is 0.258 e. The molecule has 0 aliphatic carbocycles. The third-order valence-electron chi connectivity index (χ3n) is 5.87. The molecule has 0 atom stereocenters. The molecule has 0 unspecified atom stereocenters. The summed E-state index contributed by atoms with van der Waals surface area (Å²) in [6.45, 7) is 6.72. The van der Waals surface area contributed by atoms with E-state index in [0.29, 0.717) is 50.9 Å². The lowest BCUT2D eigenvalue weighted by Crippen LogP contribution is -2.40. The molecule has 1 amide bonds.